The van der Waals surface area contributed by atoms with E-state index in [4.69, 9.17) is 4.98 Å². The fourth-order valence-corrected chi connectivity index (χ4v) is 4.04. The second-order valence-electron chi connectivity index (χ2n) is 7.49. The van der Waals surface area contributed by atoms with Crippen molar-refractivity contribution in [2.75, 3.05) is 13.6 Å². The molecule has 130 valence electrons. The first-order chi connectivity index (χ1) is 12.3. The fraction of sp³-hybridized carbons (Fsp3) is 0.409. The highest BCUT2D eigenvalue weighted by Gasteiger charge is 2.15. The zero-order valence-corrected chi connectivity index (χ0v) is 15.1. The fourth-order valence-electron chi connectivity index (χ4n) is 4.04. The average Bonchev–Trinajstić information content (AvgIpc) is 3.07. The summed E-state index contributed by atoms with van der Waals surface area (Å²) in [7, 11) is 2.25. The van der Waals surface area contributed by atoms with Gasteiger partial charge in [-0.05, 0) is 43.5 Å². The van der Waals surface area contributed by atoms with Gasteiger partial charge in [0.2, 0.25) is 0 Å². The molecular weight excluding hydrogens is 306 g/mol. The lowest BCUT2D eigenvalue weighted by atomic mass is 9.89. The van der Waals surface area contributed by atoms with Crippen molar-refractivity contribution in [1.29, 1.82) is 0 Å². The molecule has 0 saturated heterocycles. The summed E-state index contributed by atoms with van der Waals surface area (Å²) < 4.78 is 2.07. The SMILES string of the molecule is CN(Cc1ccc(-c2cn3ccccc3n2)cc1)CC1CCCCC1. The van der Waals surface area contributed by atoms with E-state index in [1.54, 1.807) is 0 Å². The number of rotatable bonds is 5. The van der Waals surface area contributed by atoms with Crippen molar-refractivity contribution in [3.05, 3.63) is 60.4 Å². The minimum absolute atomic E-state index is 0.899. The lowest BCUT2D eigenvalue weighted by Gasteiger charge is -2.27. The van der Waals surface area contributed by atoms with Gasteiger partial charge in [-0.15, -0.1) is 0 Å². The molecule has 2 heterocycles. The molecule has 1 aromatic carbocycles. The Morgan fingerprint density at radius 3 is 2.60 bits per heavy atom. The van der Waals surface area contributed by atoms with Gasteiger partial charge in [-0.25, -0.2) is 4.98 Å². The highest BCUT2D eigenvalue weighted by Crippen LogP contribution is 2.25. The van der Waals surface area contributed by atoms with Crippen LogP contribution in [0, 0.1) is 5.92 Å². The van der Waals surface area contributed by atoms with E-state index in [9.17, 15) is 0 Å². The van der Waals surface area contributed by atoms with Crippen molar-refractivity contribution in [3.63, 3.8) is 0 Å². The van der Waals surface area contributed by atoms with Crippen LogP contribution in [0.25, 0.3) is 16.9 Å². The van der Waals surface area contributed by atoms with Crippen LogP contribution in [0.3, 0.4) is 0 Å². The Kier molecular flexibility index (Phi) is 4.84. The summed E-state index contributed by atoms with van der Waals surface area (Å²) in [4.78, 5) is 7.19. The van der Waals surface area contributed by atoms with E-state index in [0.717, 1.165) is 23.8 Å². The van der Waals surface area contributed by atoms with E-state index in [-0.39, 0.29) is 0 Å². The van der Waals surface area contributed by atoms with Crippen LogP contribution in [0.4, 0.5) is 0 Å². The summed E-state index contributed by atoms with van der Waals surface area (Å²) in [6, 6.07) is 15.0. The van der Waals surface area contributed by atoms with Crippen molar-refractivity contribution >= 4 is 5.65 Å². The zero-order valence-electron chi connectivity index (χ0n) is 15.1. The molecule has 0 atom stereocenters. The van der Waals surface area contributed by atoms with Gasteiger partial charge in [0.15, 0.2) is 0 Å². The van der Waals surface area contributed by atoms with Gasteiger partial charge in [0.05, 0.1) is 5.69 Å². The maximum atomic E-state index is 4.70. The summed E-state index contributed by atoms with van der Waals surface area (Å²) >= 11 is 0. The minimum atomic E-state index is 0.899. The number of fused-ring (bicyclic) bond motifs is 1. The van der Waals surface area contributed by atoms with Crippen LogP contribution in [-0.4, -0.2) is 27.9 Å². The molecule has 0 amide bonds. The molecule has 0 bridgehead atoms. The molecule has 2 aromatic heterocycles. The highest BCUT2D eigenvalue weighted by atomic mass is 15.1. The third kappa shape index (κ3) is 3.93. The van der Waals surface area contributed by atoms with E-state index in [1.807, 2.05) is 24.4 Å². The Balaban J connectivity index is 1.41. The second kappa shape index (κ2) is 7.40. The smallest absolute Gasteiger partial charge is 0.137 e. The molecule has 0 unspecified atom stereocenters. The number of hydrogen-bond donors (Lipinski definition) is 0. The van der Waals surface area contributed by atoms with Gasteiger partial charge in [-0.3, -0.25) is 0 Å². The monoisotopic (exact) mass is 333 g/mol. The summed E-state index contributed by atoms with van der Waals surface area (Å²) in [5.41, 5.74) is 4.59. The van der Waals surface area contributed by atoms with Crippen molar-refractivity contribution in [2.24, 2.45) is 5.92 Å². The van der Waals surface area contributed by atoms with E-state index < -0.39 is 0 Å². The molecule has 3 heteroatoms. The Morgan fingerprint density at radius 1 is 1.04 bits per heavy atom. The van der Waals surface area contributed by atoms with Gasteiger partial charge in [0, 0.05) is 31.0 Å². The molecule has 1 aliphatic rings. The molecule has 0 radical (unpaired) electrons. The molecule has 4 rings (SSSR count). The number of aromatic nitrogens is 2. The van der Waals surface area contributed by atoms with Gasteiger partial charge in [-0.1, -0.05) is 49.6 Å². The van der Waals surface area contributed by atoms with Crippen molar-refractivity contribution in [3.8, 4) is 11.3 Å². The molecule has 1 fully saturated rings. The third-order valence-electron chi connectivity index (χ3n) is 5.36. The van der Waals surface area contributed by atoms with E-state index in [2.05, 4.69) is 46.8 Å². The number of hydrogen-bond acceptors (Lipinski definition) is 2. The topological polar surface area (TPSA) is 20.5 Å². The first kappa shape index (κ1) is 16.3. The quantitative estimate of drug-likeness (QED) is 0.654. The average molecular weight is 333 g/mol. The standard InChI is InChI=1S/C22H27N3/c1-24(15-18-7-3-2-4-8-18)16-19-10-12-20(13-11-19)21-17-25-14-6-5-9-22(25)23-21/h5-6,9-14,17-18H,2-4,7-8,15-16H2,1H3. The summed E-state index contributed by atoms with van der Waals surface area (Å²) in [5, 5.41) is 0. The van der Waals surface area contributed by atoms with Crippen LogP contribution in [0.2, 0.25) is 0 Å². The maximum Gasteiger partial charge on any atom is 0.137 e. The molecule has 1 saturated carbocycles. The van der Waals surface area contributed by atoms with Crippen LogP contribution in [0.5, 0.6) is 0 Å². The zero-order chi connectivity index (χ0) is 17.1. The molecule has 0 N–H and O–H groups in total. The van der Waals surface area contributed by atoms with Crippen molar-refractivity contribution in [1.82, 2.24) is 14.3 Å². The number of nitrogens with zero attached hydrogens (tertiary/aromatic N) is 3. The summed E-state index contributed by atoms with van der Waals surface area (Å²) in [6.07, 6.45) is 11.2. The Labute approximate surface area is 150 Å². The Morgan fingerprint density at radius 2 is 1.84 bits per heavy atom. The van der Waals surface area contributed by atoms with Crippen LogP contribution in [0.1, 0.15) is 37.7 Å². The predicted octanol–water partition coefficient (Wildman–Crippen LogP) is 5.01. The van der Waals surface area contributed by atoms with E-state index >= 15 is 0 Å². The summed E-state index contributed by atoms with van der Waals surface area (Å²) in [5.74, 6) is 0.899. The maximum absolute atomic E-state index is 4.70. The first-order valence-electron chi connectivity index (χ1n) is 9.49. The lowest BCUT2D eigenvalue weighted by molar-refractivity contribution is 0.228. The number of benzene rings is 1. The van der Waals surface area contributed by atoms with Crippen LogP contribution < -0.4 is 0 Å². The van der Waals surface area contributed by atoms with Gasteiger partial charge < -0.3 is 9.30 Å². The summed E-state index contributed by atoms with van der Waals surface area (Å²) in [6.45, 7) is 2.26. The van der Waals surface area contributed by atoms with Gasteiger partial charge in [-0.2, -0.15) is 0 Å². The molecule has 1 aliphatic carbocycles. The first-order valence-corrected chi connectivity index (χ1v) is 9.49. The highest BCUT2D eigenvalue weighted by molar-refractivity contribution is 5.62. The normalized spacial score (nSPS) is 15.9. The van der Waals surface area contributed by atoms with Gasteiger partial charge in [0.25, 0.3) is 0 Å². The number of imidazole rings is 1. The van der Waals surface area contributed by atoms with Crippen molar-refractivity contribution < 1.29 is 0 Å². The van der Waals surface area contributed by atoms with Crippen LogP contribution >= 0.6 is 0 Å². The Bertz CT molecular complexity index is 780. The van der Waals surface area contributed by atoms with Gasteiger partial charge >= 0.3 is 0 Å². The van der Waals surface area contributed by atoms with E-state index in [0.29, 0.717) is 0 Å². The lowest BCUT2D eigenvalue weighted by Crippen LogP contribution is -2.26. The molecule has 3 aromatic rings. The Hall–Kier alpha value is -2.13. The molecule has 25 heavy (non-hydrogen) atoms. The molecule has 3 nitrogen and oxygen atoms in total. The molecular formula is C22H27N3. The van der Waals surface area contributed by atoms with Crippen LogP contribution in [-0.2, 0) is 6.54 Å². The third-order valence-corrected chi connectivity index (χ3v) is 5.36. The minimum Gasteiger partial charge on any atom is -0.306 e. The molecule has 0 aliphatic heterocycles. The van der Waals surface area contributed by atoms with Gasteiger partial charge in [0.1, 0.15) is 5.65 Å². The van der Waals surface area contributed by atoms with Crippen molar-refractivity contribution in [2.45, 2.75) is 38.6 Å². The number of pyridine rings is 1. The second-order valence-corrected chi connectivity index (χ2v) is 7.49. The van der Waals surface area contributed by atoms with Crippen LogP contribution in [0.15, 0.2) is 54.9 Å². The predicted molar refractivity (Wildman–Crippen MR) is 104 cm³/mol. The molecule has 0 spiro atoms. The largest absolute Gasteiger partial charge is 0.306 e. The van der Waals surface area contributed by atoms with E-state index in [1.165, 1.54) is 49.8 Å².